The van der Waals surface area contributed by atoms with Crippen molar-refractivity contribution >= 4 is 23.6 Å². The first-order valence-corrected chi connectivity index (χ1v) is 9.12. The maximum absolute atomic E-state index is 12.2. The highest BCUT2D eigenvalue weighted by Gasteiger charge is 2.10. The standard InChI is InChI=1S/C20H24N2O2S/c1-14-8-9-18(15(2)10-14)25-13-16-6-5-7-17(11-16)20(24)21-12-19(23)22(3)4/h5-11H,12-13H2,1-4H3,(H,21,24). The number of hydrogen-bond acceptors (Lipinski definition) is 3. The SMILES string of the molecule is Cc1ccc(SCc2cccc(C(=O)NCC(=O)N(C)C)c2)c(C)c1. The molecule has 0 aliphatic carbocycles. The third kappa shape index (κ3) is 5.64. The molecule has 5 heteroatoms. The van der Waals surface area contributed by atoms with Crippen molar-refractivity contribution in [3.8, 4) is 0 Å². The minimum Gasteiger partial charge on any atom is -0.347 e. The molecule has 2 aromatic carbocycles. The number of likely N-dealkylation sites (N-methyl/N-ethyl adjacent to an activating group) is 1. The fourth-order valence-corrected chi connectivity index (χ4v) is 3.29. The lowest BCUT2D eigenvalue weighted by atomic mass is 10.1. The van der Waals surface area contributed by atoms with Crippen LogP contribution in [0.3, 0.4) is 0 Å². The van der Waals surface area contributed by atoms with E-state index in [1.807, 2.05) is 18.2 Å². The van der Waals surface area contributed by atoms with Crippen LogP contribution in [0.5, 0.6) is 0 Å². The lowest BCUT2D eigenvalue weighted by Crippen LogP contribution is -2.36. The van der Waals surface area contributed by atoms with Crippen molar-refractivity contribution in [2.45, 2.75) is 24.5 Å². The molecule has 0 saturated heterocycles. The molecule has 4 nitrogen and oxygen atoms in total. The monoisotopic (exact) mass is 356 g/mol. The van der Waals surface area contributed by atoms with Crippen LogP contribution in [0.15, 0.2) is 47.4 Å². The predicted molar refractivity (Wildman–Crippen MR) is 103 cm³/mol. The number of aryl methyl sites for hydroxylation is 2. The summed E-state index contributed by atoms with van der Waals surface area (Å²) in [5, 5.41) is 2.66. The zero-order valence-corrected chi connectivity index (χ0v) is 15.9. The van der Waals surface area contributed by atoms with Gasteiger partial charge in [-0.3, -0.25) is 9.59 Å². The number of carbonyl (C=O) groups is 2. The summed E-state index contributed by atoms with van der Waals surface area (Å²) in [6.45, 7) is 4.21. The van der Waals surface area contributed by atoms with Crippen molar-refractivity contribution < 1.29 is 9.59 Å². The summed E-state index contributed by atoms with van der Waals surface area (Å²) >= 11 is 1.76. The molecule has 0 fully saturated rings. The highest BCUT2D eigenvalue weighted by atomic mass is 32.2. The van der Waals surface area contributed by atoms with Gasteiger partial charge in [-0.1, -0.05) is 29.8 Å². The summed E-state index contributed by atoms with van der Waals surface area (Å²) in [5.74, 6) is 0.435. The fraction of sp³-hybridized carbons (Fsp3) is 0.300. The molecule has 0 aliphatic heterocycles. The van der Waals surface area contributed by atoms with Gasteiger partial charge in [0.1, 0.15) is 0 Å². The van der Waals surface area contributed by atoms with Crippen molar-refractivity contribution in [3.05, 3.63) is 64.7 Å². The molecule has 0 unspecified atom stereocenters. The molecule has 0 atom stereocenters. The molecular formula is C20H24N2O2S. The van der Waals surface area contributed by atoms with E-state index in [0.29, 0.717) is 5.56 Å². The molecule has 2 aromatic rings. The van der Waals surface area contributed by atoms with Crippen LogP contribution in [-0.4, -0.2) is 37.4 Å². The highest BCUT2D eigenvalue weighted by Crippen LogP contribution is 2.26. The first-order valence-electron chi connectivity index (χ1n) is 8.14. The second-order valence-electron chi connectivity index (χ2n) is 6.23. The summed E-state index contributed by atoms with van der Waals surface area (Å²) in [7, 11) is 3.33. The first kappa shape index (κ1) is 19.1. The quantitative estimate of drug-likeness (QED) is 0.807. The number of carbonyl (C=O) groups excluding carboxylic acids is 2. The van der Waals surface area contributed by atoms with E-state index in [-0.39, 0.29) is 18.4 Å². The molecule has 0 radical (unpaired) electrons. The Bertz CT molecular complexity index is 772. The fourth-order valence-electron chi connectivity index (χ4n) is 2.34. The van der Waals surface area contributed by atoms with Crippen LogP contribution in [-0.2, 0) is 10.5 Å². The zero-order valence-electron chi connectivity index (χ0n) is 15.1. The van der Waals surface area contributed by atoms with E-state index in [4.69, 9.17) is 0 Å². The van der Waals surface area contributed by atoms with E-state index in [1.165, 1.54) is 20.9 Å². The van der Waals surface area contributed by atoms with Crippen molar-refractivity contribution in [2.24, 2.45) is 0 Å². The van der Waals surface area contributed by atoms with Crippen molar-refractivity contribution in [2.75, 3.05) is 20.6 Å². The van der Waals surface area contributed by atoms with Crippen LogP contribution in [0, 0.1) is 13.8 Å². The van der Waals surface area contributed by atoms with Crippen LogP contribution in [0.25, 0.3) is 0 Å². The second kappa shape index (κ2) is 8.72. The molecule has 0 aromatic heterocycles. The minimum atomic E-state index is -0.228. The Morgan fingerprint density at radius 3 is 2.52 bits per heavy atom. The molecular weight excluding hydrogens is 332 g/mol. The Labute approximate surface area is 153 Å². The molecule has 0 saturated carbocycles. The third-order valence-electron chi connectivity index (χ3n) is 3.81. The van der Waals surface area contributed by atoms with Crippen LogP contribution in [0.4, 0.5) is 0 Å². The van der Waals surface area contributed by atoms with Crippen LogP contribution < -0.4 is 5.32 Å². The van der Waals surface area contributed by atoms with Gasteiger partial charge >= 0.3 is 0 Å². The average Bonchev–Trinajstić information content (AvgIpc) is 2.58. The maximum Gasteiger partial charge on any atom is 0.251 e. The van der Waals surface area contributed by atoms with Gasteiger partial charge in [0, 0.05) is 30.3 Å². The Morgan fingerprint density at radius 1 is 1.08 bits per heavy atom. The van der Waals surface area contributed by atoms with Crippen LogP contribution in [0.2, 0.25) is 0 Å². The van der Waals surface area contributed by atoms with Gasteiger partial charge in [-0.25, -0.2) is 0 Å². The predicted octanol–water partition coefficient (Wildman–Crippen LogP) is 3.41. The van der Waals surface area contributed by atoms with Gasteiger partial charge in [-0.2, -0.15) is 0 Å². The van der Waals surface area contributed by atoms with E-state index < -0.39 is 0 Å². The molecule has 1 N–H and O–H groups in total. The normalized spacial score (nSPS) is 10.4. The summed E-state index contributed by atoms with van der Waals surface area (Å²) in [4.78, 5) is 26.5. The number of nitrogens with one attached hydrogen (secondary N) is 1. The topological polar surface area (TPSA) is 49.4 Å². The van der Waals surface area contributed by atoms with E-state index in [0.717, 1.165) is 11.3 Å². The van der Waals surface area contributed by atoms with E-state index in [9.17, 15) is 9.59 Å². The largest absolute Gasteiger partial charge is 0.347 e. The maximum atomic E-state index is 12.2. The van der Waals surface area contributed by atoms with Gasteiger partial charge in [-0.15, -0.1) is 11.8 Å². The van der Waals surface area contributed by atoms with Gasteiger partial charge in [-0.05, 0) is 43.2 Å². The highest BCUT2D eigenvalue weighted by molar-refractivity contribution is 7.98. The van der Waals surface area contributed by atoms with E-state index >= 15 is 0 Å². The van der Waals surface area contributed by atoms with Gasteiger partial charge < -0.3 is 10.2 Å². The summed E-state index contributed by atoms with van der Waals surface area (Å²) in [5.41, 5.74) is 4.18. The summed E-state index contributed by atoms with van der Waals surface area (Å²) in [6.07, 6.45) is 0. The van der Waals surface area contributed by atoms with Crippen LogP contribution >= 0.6 is 11.8 Å². The molecule has 0 spiro atoms. The molecule has 132 valence electrons. The van der Waals surface area contributed by atoms with Gasteiger partial charge in [0.15, 0.2) is 0 Å². The summed E-state index contributed by atoms with van der Waals surface area (Å²) < 4.78 is 0. The van der Waals surface area contributed by atoms with Crippen LogP contribution in [0.1, 0.15) is 27.0 Å². The zero-order chi connectivity index (χ0) is 18.4. The Hall–Kier alpha value is -2.27. The summed E-state index contributed by atoms with van der Waals surface area (Å²) in [6, 6.07) is 14.0. The Balaban J connectivity index is 1.98. The number of nitrogens with zero attached hydrogens (tertiary/aromatic N) is 1. The first-order chi connectivity index (χ1) is 11.9. The second-order valence-corrected chi connectivity index (χ2v) is 7.25. The van der Waals surface area contributed by atoms with E-state index in [2.05, 4.69) is 37.4 Å². The van der Waals surface area contributed by atoms with Gasteiger partial charge in [0.2, 0.25) is 5.91 Å². The van der Waals surface area contributed by atoms with E-state index in [1.54, 1.807) is 31.9 Å². The third-order valence-corrected chi connectivity index (χ3v) is 5.06. The van der Waals surface area contributed by atoms with Gasteiger partial charge in [0.25, 0.3) is 5.91 Å². The van der Waals surface area contributed by atoms with Crippen molar-refractivity contribution in [1.29, 1.82) is 0 Å². The minimum absolute atomic E-state index is 0.00731. The average molecular weight is 356 g/mol. The Morgan fingerprint density at radius 2 is 1.84 bits per heavy atom. The molecule has 2 amide bonds. The van der Waals surface area contributed by atoms with Crippen molar-refractivity contribution in [1.82, 2.24) is 10.2 Å². The molecule has 2 rings (SSSR count). The lowest BCUT2D eigenvalue weighted by Gasteiger charge is -2.11. The number of thioether (sulfide) groups is 1. The number of benzene rings is 2. The Kier molecular flexibility index (Phi) is 6.65. The molecule has 25 heavy (non-hydrogen) atoms. The van der Waals surface area contributed by atoms with Crippen molar-refractivity contribution in [3.63, 3.8) is 0 Å². The number of hydrogen-bond donors (Lipinski definition) is 1. The lowest BCUT2D eigenvalue weighted by molar-refractivity contribution is -0.127. The smallest absolute Gasteiger partial charge is 0.251 e. The number of amides is 2. The number of rotatable bonds is 6. The molecule has 0 aliphatic rings. The van der Waals surface area contributed by atoms with Gasteiger partial charge in [0.05, 0.1) is 6.54 Å². The molecule has 0 bridgehead atoms. The molecule has 0 heterocycles.